The first-order chi connectivity index (χ1) is 4.98. The molecule has 0 atom stereocenters. The van der Waals surface area contributed by atoms with Crippen LogP contribution in [0.3, 0.4) is 0 Å². The molecular weight excluding hydrogens is 176 g/mol. The lowest BCUT2D eigenvalue weighted by Gasteiger charge is -2.67. The fraction of sp³-hybridized carbons (Fsp3) is 0.875. The van der Waals surface area contributed by atoms with E-state index >= 15 is 0 Å². The average molecular weight is 191 g/mol. The lowest BCUT2D eigenvalue weighted by molar-refractivity contribution is -0.181. The summed E-state index contributed by atoms with van der Waals surface area (Å²) < 4.78 is 0. The predicted molar refractivity (Wildman–Crippen MR) is 49.1 cm³/mol. The second-order valence-electron chi connectivity index (χ2n) is 4.37. The van der Waals surface area contributed by atoms with E-state index in [1.165, 1.54) is 0 Å². The van der Waals surface area contributed by atoms with E-state index in [0.29, 0.717) is 0 Å². The van der Waals surface area contributed by atoms with Crippen LogP contribution in [0.4, 0.5) is 0 Å². The summed E-state index contributed by atoms with van der Waals surface area (Å²) >= 11 is 0. The van der Waals surface area contributed by atoms with Crippen molar-refractivity contribution < 1.29 is 4.79 Å². The van der Waals surface area contributed by atoms with Crippen molar-refractivity contribution in [1.82, 2.24) is 4.90 Å². The highest BCUT2D eigenvalue weighted by atomic mass is 35.5. The van der Waals surface area contributed by atoms with Crippen molar-refractivity contribution in [3.63, 3.8) is 0 Å². The monoisotopic (exact) mass is 190 g/mol. The quantitative estimate of drug-likeness (QED) is 0.650. The lowest BCUT2D eigenvalue weighted by atomic mass is 9.39. The van der Waals surface area contributed by atoms with Gasteiger partial charge in [0.25, 0.3) is 0 Å². The van der Waals surface area contributed by atoms with Crippen molar-refractivity contribution in [1.29, 1.82) is 0 Å². The first-order valence-corrected chi connectivity index (χ1v) is 3.98. The standard InChI is InChI=1S/C8H14N2O.ClH/c1-10(2)6(11)7-3-8(9,4-7)5-7;/h3-5,9H2,1-2H3;1H. The molecule has 3 aliphatic rings. The molecule has 0 unspecified atom stereocenters. The molecule has 0 heterocycles. The SMILES string of the molecule is CN(C)C(=O)C12CC(N)(C1)C2.Cl. The minimum Gasteiger partial charge on any atom is -0.348 e. The molecule has 0 saturated heterocycles. The highest BCUT2D eigenvalue weighted by molar-refractivity contribution is 5.86. The minimum absolute atomic E-state index is 0. The first-order valence-electron chi connectivity index (χ1n) is 3.98. The fourth-order valence-corrected chi connectivity index (χ4v) is 2.57. The summed E-state index contributed by atoms with van der Waals surface area (Å²) in [5, 5.41) is 0. The second kappa shape index (κ2) is 2.36. The maximum Gasteiger partial charge on any atom is 0.228 e. The highest BCUT2D eigenvalue weighted by Gasteiger charge is 2.70. The zero-order valence-corrected chi connectivity index (χ0v) is 8.28. The Bertz CT molecular complexity index is 207. The van der Waals surface area contributed by atoms with Gasteiger partial charge < -0.3 is 10.6 Å². The summed E-state index contributed by atoms with van der Waals surface area (Å²) in [7, 11) is 3.62. The molecule has 2 N–H and O–H groups in total. The summed E-state index contributed by atoms with van der Waals surface area (Å²) in [4.78, 5) is 13.2. The number of nitrogens with two attached hydrogens (primary N) is 1. The number of nitrogens with zero attached hydrogens (tertiary/aromatic N) is 1. The number of amides is 1. The van der Waals surface area contributed by atoms with Gasteiger partial charge in [-0.1, -0.05) is 0 Å². The Labute approximate surface area is 78.7 Å². The van der Waals surface area contributed by atoms with Gasteiger partial charge in [-0.3, -0.25) is 4.79 Å². The maximum atomic E-state index is 11.5. The van der Waals surface area contributed by atoms with E-state index in [2.05, 4.69) is 0 Å². The highest BCUT2D eigenvalue weighted by Crippen LogP contribution is 2.66. The van der Waals surface area contributed by atoms with Gasteiger partial charge in [0.2, 0.25) is 5.91 Å². The van der Waals surface area contributed by atoms with Crippen LogP contribution in [0.15, 0.2) is 0 Å². The van der Waals surface area contributed by atoms with Gasteiger partial charge >= 0.3 is 0 Å². The molecular formula is C8H15ClN2O. The van der Waals surface area contributed by atoms with Crippen molar-refractivity contribution in [2.75, 3.05) is 14.1 Å². The smallest absolute Gasteiger partial charge is 0.228 e. The first kappa shape index (κ1) is 9.81. The van der Waals surface area contributed by atoms with Crippen molar-refractivity contribution in [3.8, 4) is 0 Å². The Morgan fingerprint density at radius 3 is 2.00 bits per heavy atom. The topological polar surface area (TPSA) is 46.3 Å². The Morgan fingerprint density at radius 1 is 1.33 bits per heavy atom. The molecule has 70 valence electrons. The average Bonchev–Trinajstić information content (AvgIpc) is 1.77. The summed E-state index contributed by atoms with van der Waals surface area (Å²) in [6.07, 6.45) is 2.74. The van der Waals surface area contributed by atoms with Crippen LogP contribution in [0, 0.1) is 5.41 Å². The molecule has 0 aromatic heterocycles. The maximum absolute atomic E-state index is 11.5. The van der Waals surface area contributed by atoms with E-state index in [1.54, 1.807) is 4.90 Å². The van der Waals surface area contributed by atoms with Crippen molar-refractivity contribution in [2.45, 2.75) is 24.8 Å². The lowest BCUT2D eigenvalue weighted by Crippen LogP contribution is -2.76. The third-order valence-corrected chi connectivity index (χ3v) is 2.93. The van der Waals surface area contributed by atoms with Crippen LogP contribution in [0.2, 0.25) is 0 Å². The van der Waals surface area contributed by atoms with Crippen LogP contribution in [-0.4, -0.2) is 30.4 Å². The number of rotatable bonds is 1. The number of carbonyl (C=O) groups is 1. The molecule has 0 aliphatic heterocycles. The summed E-state index contributed by atoms with van der Waals surface area (Å²) in [6, 6.07) is 0. The fourth-order valence-electron chi connectivity index (χ4n) is 2.57. The molecule has 3 fully saturated rings. The molecule has 0 radical (unpaired) electrons. The van der Waals surface area contributed by atoms with Gasteiger partial charge in [-0.05, 0) is 19.3 Å². The molecule has 3 rings (SSSR count). The third kappa shape index (κ3) is 0.962. The molecule has 0 aromatic carbocycles. The van der Waals surface area contributed by atoms with Gasteiger partial charge in [0.05, 0.1) is 5.41 Å². The molecule has 1 amide bonds. The molecule has 2 bridgehead atoms. The number of hydrogen-bond donors (Lipinski definition) is 1. The van der Waals surface area contributed by atoms with Gasteiger partial charge in [-0.2, -0.15) is 0 Å². The summed E-state index contributed by atoms with van der Waals surface area (Å²) in [6.45, 7) is 0. The van der Waals surface area contributed by atoms with Crippen molar-refractivity contribution in [2.24, 2.45) is 11.1 Å². The zero-order chi connectivity index (χ0) is 8.28. The van der Waals surface area contributed by atoms with Gasteiger partial charge in [-0.25, -0.2) is 0 Å². The molecule has 4 heteroatoms. The Balaban J connectivity index is 0.000000720. The Hall–Kier alpha value is -0.280. The normalized spacial score (nSPS) is 41.9. The number of halogens is 1. The number of hydrogen-bond acceptors (Lipinski definition) is 2. The molecule has 12 heavy (non-hydrogen) atoms. The zero-order valence-electron chi connectivity index (χ0n) is 7.46. The van der Waals surface area contributed by atoms with E-state index in [9.17, 15) is 4.79 Å². The predicted octanol–water partition coefficient (Wildman–Crippen LogP) is 0.378. The molecule has 3 nitrogen and oxygen atoms in total. The van der Waals surface area contributed by atoms with Crippen LogP contribution in [0.25, 0.3) is 0 Å². The van der Waals surface area contributed by atoms with E-state index in [-0.39, 0.29) is 29.3 Å². The van der Waals surface area contributed by atoms with E-state index in [4.69, 9.17) is 5.73 Å². The number of carbonyl (C=O) groups excluding carboxylic acids is 1. The van der Waals surface area contributed by atoms with Crippen LogP contribution < -0.4 is 5.73 Å². The minimum atomic E-state index is -0.0295. The van der Waals surface area contributed by atoms with E-state index in [0.717, 1.165) is 19.3 Å². The largest absolute Gasteiger partial charge is 0.348 e. The van der Waals surface area contributed by atoms with Crippen LogP contribution in [0.1, 0.15) is 19.3 Å². The van der Waals surface area contributed by atoms with Crippen LogP contribution in [-0.2, 0) is 4.79 Å². The van der Waals surface area contributed by atoms with E-state index in [1.807, 2.05) is 14.1 Å². The van der Waals surface area contributed by atoms with Crippen LogP contribution in [0.5, 0.6) is 0 Å². The van der Waals surface area contributed by atoms with Crippen molar-refractivity contribution >= 4 is 18.3 Å². The molecule has 0 spiro atoms. The van der Waals surface area contributed by atoms with Crippen molar-refractivity contribution in [3.05, 3.63) is 0 Å². The second-order valence-corrected chi connectivity index (χ2v) is 4.37. The van der Waals surface area contributed by atoms with Gasteiger partial charge in [0.1, 0.15) is 0 Å². The summed E-state index contributed by atoms with van der Waals surface area (Å²) in [5.41, 5.74) is 5.86. The van der Waals surface area contributed by atoms with Gasteiger partial charge in [-0.15, -0.1) is 12.4 Å². The van der Waals surface area contributed by atoms with Gasteiger partial charge in [0.15, 0.2) is 0 Å². The van der Waals surface area contributed by atoms with Crippen LogP contribution >= 0.6 is 12.4 Å². The summed E-state index contributed by atoms with van der Waals surface area (Å²) in [5.74, 6) is 0.268. The molecule has 0 aromatic rings. The van der Waals surface area contributed by atoms with E-state index < -0.39 is 0 Å². The van der Waals surface area contributed by atoms with Gasteiger partial charge in [0, 0.05) is 19.6 Å². The Morgan fingerprint density at radius 2 is 1.75 bits per heavy atom. The molecule has 3 saturated carbocycles. The molecule has 3 aliphatic carbocycles. The third-order valence-electron chi connectivity index (χ3n) is 2.93. The Kier molecular flexibility index (Phi) is 1.93.